The second-order valence-electron chi connectivity index (χ2n) is 3.25. The molecule has 1 aromatic rings. The molecule has 0 aliphatic heterocycles. The van der Waals surface area contributed by atoms with Gasteiger partial charge in [-0.3, -0.25) is 4.79 Å². The van der Waals surface area contributed by atoms with Crippen LogP contribution in [-0.4, -0.2) is 24.5 Å². The third kappa shape index (κ3) is 3.14. The van der Waals surface area contributed by atoms with E-state index in [0.29, 0.717) is 12.4 Å². The third-order valence-electron chi connectivity index (χ3n) is 1.70. The van der Waals surface area contributed by atoms with E-state index in [1.54, 1.807) is 7.05 Å². The number of rotatable bonds is 3. The van der Waals surface area contributed by atoms with Crippen LogP contribution in [0.4, 0.5) is 5.82 Å². The molecule has 0 bridgehead atoms. The summed E-state index contributed by atoms with van der Waals surface area (Å²) in [6.07, 6.45) is 0. The molecule has 1 aromatic heterocycles. The molecule has 0 aromatic carbocycles. The van der Waals surface area contributed by atoms with E-state index in [1.165, 1.54) is 0 Å². The van der Waals surface area contributed by atoms with Crippen LogP contribution < -0.4 is 10.6 Å². The van der Waals surface area contributed by atoms with E-state index < -0.39 is 0 Å². The fraction of sp³-hybridized carbons (Fsp3) is 0.400. The molecule has 0 saturated heterocycles. The van der Waals surface area contributed by atoms with E-state index in [4.69, 9.17) is 0 Å². The Hall–Kier alpha value is -1.42. The first kappa shape index (κ1) is 10.7. The van der Waals surface area contributed by atoms with Crippen molar-refractivity contribution in [2.24, 2.45) is 0 Å². The Labute approximate surface area is 83.7 Å². The number of nitrogens with zero attached hydrogens (tertiary/aromatic N) is 1. The number of carbonyl (C=O) groups is 1. The summed E-state index contributed by atoms with van der Waals surface area (Å²) in [5, 5.41) is 5.49. The summed E-state index contributed by atoms with van der Waals surface area (Å²) in [7, 11) is 1.73. The Kier molecular flexibility index (Phi) is 3.59. The SMILES string of the molecule is CNCC(=O)Nc1cc(C)cc(C)n1. The second kappa shape index (κ2) is 4.72. The van der Waals surface area contributed by atoms with E-state index in [1.807, 2.05) is 26.0 Å². The van der Waals surface area contributed by atoms with E-state index in [2.05, 4.69) is 15.6 Å². The summed E-state index contributed by atoms with van der Waals surface area (Å²) in [5.41, 5.74) is 2.00. The van der Waals surface area contributed by atoms with Crippen LogP contribution in [0.2, 0.25) is 0 Å². The number of likely N-dealkylation sites (N-methyl/N-ethyl adjacent to an activating group) is 1. The molecular weight excluding hydrogens is 178 g/mol. The highest BCUT2D eigenvalue weighted by Crippen LogP contribution is 2.08. The number of amides is 1. The largest absolute Gasteiger partial charge is 0.311 e. The first-order chi connectivity index (χ1) is 6.61. The molecule has 1 rings (SSSR count). The van der Waals surface area contributed by atoms with Gasteiger partial charge in [0.05, 0.1) is 6.54 Å². The van der Waals surface area contributed by atoms with Gasteiger partial charge in [0.1, 0.15) is 5.82 Å². The number of hydrogen-bond donors (Lipinski definition) is 2. The molecule has 4 heteroatoms. The smallest absolute Gasteiger partial charge is 0.239 e. The van der Waals surface area contributed by atoms with Crippen LogP contribution >= 0.6 is 0 Å². The topological polar surface area (TPSA) is 54.0 Å². The number of carbonyl (C=O) groups excluding carboxylic acids is 1. The van der Waals surface area contributed by atoms with Crippen molar-refractivity contribution in [1.29, 1.82) is 0 Å². The molecule has 0 aliphatic rings. The number of pyridine rings is 1. The predicted molar refractivity (Wildman–Crippen MR) is 56.3 cm³/mol. The predicted octanol–water partition coefficient (Wildman–Crippen LogP) is 0.856. The van der Waals surface area contributed by atoms with Crippen LogP contribution in [0.15, 0.2) is 12.1 Å². The number of aromatic nitrogens is 1. The van der Waals surface area contributed by atoms with E-state index in [-0.39, 0.29) is 5.91 Å². The summed E-state index contributed by atoms with van der Waals surface area (Å²) in [4.78, 5) is 15.4. The number of hydrogen-bond acceptors (Lipinski definition) is 3. The molecule has 0 atom stereocenters. The van der Waals surface area contributed by atoms with Crippen LogP contribution in [0.25, 0.3) is 0 Å². The zero-order valence-corrected chi connectivity index (χ0v) is 8.72. The van der Waals surface area contributed by atoms with Crippen LogP contribution in [0.5, 0.6) is 0 Å². The highest BCUT2D eigenvalue weighted by atomic mass is 16.1. The molecule has 0 spiro atoms. The lowest BCUT2D eigenvalue weighted by molar-refractivity contribution is -0.115. The molecule has 0 saturated carbocycles. The van der Waals surface area contributed by atoms with Crippen molar-refractivity contribution in [1.82, 2.24) is 10.3 Å². The maximum Gasteiger partial charge on any atom is 0.239 e. The molecule has 0 unspecified atom stereocenters. The van der Waals surface area contributed by atoms with Gasteiger partial charge in [0, 0.05) is 5.69 Å². The minimum absolute atomic E-state index is 0.0787. The van der Waals surface area contributed by atoms with Crippen molar-refractivity contribution in [2.45, 2.75) is 13.8 Å². The maximum absolute atomic E-state index is 11.2. The van der Waals surface area contributed by atoms with Crippen LogP contribution in [0, 0.1) is 13.8 Å². The summed E-state index contributed by atoms with van der Waals surface area (Å²) < 4.78 is 0. The van der Waals surface area contributed by atoms with Gasteiger partial charge in [-0.25, -0.2) is 4.98 Å². The zero-order chi connectivity index (χ0) is 10.6. The molecule has 0 aliphatic carbocycles. The maximum atomic E-state index is 11.2. The normalized spacial score (nSPS) is 9.93. The van der Waals surface area contributed by atoms with Crippen molar-refractivity contribution in [3.05, 3.63) is 23.4 Å². The van der Waals surface area contributed by atoms with Crippen LogP contribution in [-0.2, 0) is 4.79 Å². The van der Waals surface area contributed by atoms with Gasteiger partial charge in [-0.05, 0) is 38.6 Å². The van der Waals surface area contributed by atoms with Gasteiger partial charge in [-0.1, -0.05) is 0 Å². The van der Waals surface area contributed by atoms with Crippen molar-refractivity contribution < 1.29 is 4.79 Å². The molecule has 1 heterocycles. The Morgan fingerprint density at radius 1 is 1.43 bits per heavy atom. The first-order valence-corrected chi connectivity index (χ1v) is 4.51. The highest BCUT2D eigenvalue weighted by Gasteiger charge is 2.02. The Balaban J connectivity index is 2.71. The molecule has 1 amide bonds. The Bertz CT molecular complexity index is 316. The van der Waals surface area contributed by atoms with E-state index in [0.717, 1.165) is 11.3 Å². The van der Waals surface area contributed by atoms with Gasteiger partial charge in [0.2, 0.25) is 5.91 Å². The molecule has 2 N–H and O–H groups in total. The van der Waals surface area contributed by atoms with Crippen LogP contribution in [0.3, 0.4) is 0 Å². The number of nitrogens with one attached hydrogen (secondary N) is 2. The van der Waals surface area contributed by atoms with Gasteiger partial charge >= 0.3 is 0 Å². The lowest BCUT2D eigenvalue weighted by Gasteiger charge is -2.05. The zero-order valence-electron chi connectivity index (χ0n) is 8.72. The molecule has 0 fully saturated rings. The van der Waals surface area contributed by atoms with Gasteiger partial charge in [-0.2, -0.15) is 0 Å². The van der Waals surface area contributed by atoms with Crippen molar-refractivity contribution in [3.63, 3.8) is 0 Å². The fourth-order valence-electron chi connectivity index (χ4n) is 1.25. The van der Waals surface area contributed by atoms with Crippen molar-refractivity contribution in [3.8, 4) is 0 Å². The molecule has 0 radical (unpaired) electrons. The van der Waals surface area contributed by atoms with Gasteiger partial charge in [0.25, 0.3) is 0 Å². The van der Waals surface area contributed by atoms with Gasteiger partial charge in [-0.15, -0.1) is 0 Å². The first-order valence-electron chi connectivity index (χ1n) is 4.51. The Morgan fingerprint density at radius 2 is 2.14 bits per heavy atom. The lowest BCUT2D eigenvalue weighted by atomic mass is 10.2. The third-order valence-corrected chi connectivity index (χ3v) is 1.70. The lowest BCUT2D eigenvalue weighted by Crippen LogP contribution is -2.25. The van der Waals surface area contributed by atoms with Gasteiger partial charge in [0.15, 0.2) is 0 Å². The van der Waals surface area contributed by atoms with E-state index >= 15 is 0 Å². The molecule has 76 valence electrons. The average Bonchev–Trinajstić information content (AvgIpc) is 2.01. The van der Waals surface area contributed by atoms with E-state index in [9.17, 15) is 4.79 Å². The minimum atomic E-state index is -0.0787. The second-order valence-corrected chi connectivity index (χ2v) is 3.25. The van der Waals surface area contributed by atoms with Gasteiger partial charge < -0.3 is 10.6 Å². The number of anilines is 1. The van der Waals surface area contributed by atoms with Crippen molar-refractivity contribution in [2.75, 3.05) is 18.9 Å². The molecule has 4 nitrogen and oxygen atoms in total. The average molecular weight is 193 g/mol. The van der Waals surface area contributed by atoms with Crippen LogP contribution in [0.1, 0.15) is 11.3 Å². The molecule has 14 heavy (non-hydrogen) atoms. The molecular formula is C10H15N3O. The minimum Gasteiger partial charge on any atom is -0.311 e. The standard InChI is InChI=1S/C10H15N3O/c1-7-4-8(2)12-9(5-7)13-10(14)6-11-3/h4-5,11H,6H2,1-3H3,(H,12,13,14). The number of aryl methyl sites for hydroxylation is 2. The monoisotopic (exact) mass is 193 g/mol. The Morgan fingerprint density at radius 3 is 2.71 bits per heavy atom. The summed E-state index contributed by atoms with van der Waals surface area (Å²) in [6, 6.07) is 3.81. The summed E-state index contributed by atoms with van der Waals surface area (Å²) in [5.74, 6) is 0.535. The summed E-state index contributed by atoms with van der Waals surface area (Å²) in [6.45, 7) is 4.18. The fourth-order valence-corrected chi connectivity index (χ4v) is 1.25. The summed E-state index contributed by atoms with van der Waals surface area (Å²) >= 11 is 0. The van der Waals surface area contributed by atoms with Crippen molar-refractivity contribution >= 4 is 11.7 Å². The quantitative estimate of drug-likeness (QED) is 0.748. The highest BCUT2D eigenvalue weighted by molar-refractivity contribution is 5.91.